The van der Waals surface area contributed by atoms with Crippen LogP contribution in [0.3, 0.4) is 0 Å². The summed E-state index contributed by atoms with van der Waals surface area (Å²) in [6.07, 6.45) is 2.03. The number of hydrogen-bond acceptors (Lipinski definition) is 2. The van der Waals surface area contributed by atoms with Gasteiger partial charge in [-0.3, -0.25) is 4.79 Å². The van der Waals surface area contributed by atoms with Crippen molar-refractivity contribution < 1.29 is 18.7 Å². The van der Waals surface area contributed by atoms with Crippen molar-refractivity contribution in [2.24, 2.45) is 0 Å². The largest absolute Gasteiger partial charge is 0.477 e. The van der Waals surface area contributed by atoms with Crippen LogP contribution in [0.4, 0.5) is 8.78 Å². The second kappa shape index (κ2) is 4.40. The van der Waals surface area contributed by atoms with E-state index in [2.05, 4.69) is 0 Å². The topological polar surface area (TPSA) is 59.3 Å². The van der Waals surface area contributed by atoms with Crippen LogP contribution in [0.25, 0.3) is 10.9 Å². The first-order valence-corrected chi connectivity index (χ1v) is 6.28. The van der Waals surface area contributed by atoms with Gasteiger partial charge in [0.25, 0.3) is 0 Å². The number of rotatable bonds is 1. The molecule has 0 aliphatic carbocycles. The van der Waals surface area contributed by atoms with E-state index in [1.165, 1.54) is 0 Å². The summed E-state index contributed by atoms with van der Waals surface area (Å²) in [5.74, 6) is -3.52. The fourth-order valence-corrected chi connectivity index (χ4v) is 2.79. The lowest BCUT2D eigenvalue weighted by molar-refractivity contribution is 0.0693. The Morgan fingerprint density at radius 1 is 1.20 bits per heavy atom. The van der Waals surface area contributed by atoms with Crippen molar-refractivity contribution in [3.63, 3.8) is 0 Å². The Morgan fingerprint density at radius 3 is 2.60 bits per heavy atom. The molecular weight excluding hydrogens is 268 g/mol. The van der Waals surface area contributed by atoms with Crippen LogP contribution < -0.4 is 5.43 Å². The average Bonchev–Trinajstić information content (AvgIpc) is 2.41. The Labute approximate surface area is 112 Å². The van der Waals surface area contributed by atoms with Gasteiger partial charge < -0.3 is 9.67 Å². The molecule has 2 aromatic rings. The summed E-state index contributed by atoms with van der Waals surface area (Å²) in [5, 5.41) is 9.13. The van der Waals surface area contributed by atoms with Gasteiger partial charge in [0.2, 0.25) is 5.43 Å². The molecule has 0 fully saturated rings. The predicted octanol–water partition coefficient (Wildman–Crippen LogP) is 2.31. The third-order valence-corrected chi connectivity index (χ3v) is 3.67. The molecule has 4 nitrogen and oxygen atoms in total. The van der Waals surface area contributed by atoms with E-state index in [0.29, 0.717) is 18.7 Å². The van der Waals surface area contributed by atoms with Crippen molar-refractivity contribution in [2.45, 2.75) is 25.8 Å². The number of halogens is 2. The predicted molar refractivity (Wildman–Crippen MR) is 68.0 cm³/mol. The minimum absolute atomic E-state index is 0.0908. The van der Waals surface area contributed by atoms with Crippen LogP contribution in [0.15, 0.2) is 16.9 Å². The van der Waals surface area contributed by atoms with Crippen molar-refractivity contribution in [1.29, 1.82) is 0 Å². The van der Waals surface area contributed by atoms with Crippen LogP contribution in [0, 0.1) is 11.6 Å². The number of carbonyl (C=O) groups is 1. The lowest BCUT2D eigenvalue weighted by Crippen LogP contribution is -2.27. The highest BCUT2D eigenvalue weighted by Gasteiger charge is 2.24. The maximum absolute atomic E-state index is 13.4. The third-order valence-electron chi connectivity index (χ3n) is 3.67. The zero-order chi connectivity index (χ0) is 14.4. The monoisotopic (exact) mass is 279 g/mol. The molecule has 2 heterocycles. The molecule has 0 atom stereocenters. The van der Waals surface area contributed by atoms with Crippen LogP contribution in [0.5, 0.6) is 0 Å². The van der Waals surface area contributed by atoms with E-state index in [1.54, 1.807) is 4.57 Å². The van der Waals surface area contributed by atoms with Gasteiger partial charge in [-0.25, -0.2) is 13.6 Å². The van der Waals surface area contributed by atoms with E-state index >= 15 is 0 Å². The zero-order valence-corrected chi connectivity index (χ0v) is 10.4. The highest BCUT2D eigenvalue weighted by Crippen LogP contribution is 2.24. The highest BCUT2D eigenvalue weighted by atomic mass is 19.2. The number of nitrogens with zero attached hydrogens (tertiary/aromatic N) is 1. The number of pyridine rings is 1. The number of fused-ring (bicyclic) bond motifs is 3. The Morgan fingerprint density at radius 2 is 1.90 bits per heavy atom. The molecule has 3 rings (SSSR count). The minimum Gasteiger partial charge on any atom is -0.477 e. The van der Waals surface area contributed by atoms with E-state index in [-0.39, 0.29) is 16.5 Å². The number of hydrogen-bond donors (Lipinski definition) is 1. The van der Waals surface area contributed by atoms with Crippen molar-refractivity contribution in [3.8, 4) is 0 Å². The third kappa shape index (κ3) is 1.71. The van der Waals surface area contributed by atoms with Crippen molar-refractivity contribution in [2.75, 3.05) is 0 Å². The molecule has 0 radical (unpaired) electrons. The lowest BCUT2D eigenvalue weighted by Gasteiger charge is -2.23. The van der Waals surface area contributed by atoms with Gasteiger partial charge in [0.05, 0.1) is 5.52 Å². The van der Waals surface area contributed by atoms with E-state index in [0.717, 1.165) is 25.0 Å². The van der Waals surface area contributed by atoms with Crippen LogP contribution in [-0.4, -0.2) is 15.6 Å². The summed E-state index contributed by atoms with van der Waals surface area (Å²) in [6, 6.07) is 1.74. The molecule has 0 bridgehead atoms. The smallest absolute Gasteiger partial charge is 0.341 e. The average molecular weight is 279 g/mol. The van der Waals surface area contributed by atoms with Gasteiger partial charge in [-0.1, -0.05) is 0 Å². The second-order valence-electron chi connectivity index (χ2n) is 4.85. The molecule has 1 N–H and O–H groups in total. The summed E-state index contributed by atoms with van der Waals surface area (Å²) in [6.45, 7) is 0.497. The molecule has 0 amide bonds. The second-order valence-corrected chi connectivity index (χ2v) is 4.85. The van der Waals surface area contributed by atoms with Crippen LogP contribution in [0.1, 0.15) is 28.9 Å². The standard InChI is InChI=1S/C14H11F2NO3/c15-8-5-7-11(6-9(8)16)17-4-2-1-3-10(17)12(13(7)18)14(19)20/h5-6H,1-4H2,(H,19,20). The van der Waals surface area contributed by atoms with Gasteiger partial charge in [-0.15, -0.1) is 0 Å². The molecule has 1 aromatic heterocycles. The number of carboxylic acid groups (broad SMARTS) is 1. The number of aromatic carboxylic acids is 1. The van der Waals surface area contributed by atoms with Gasteiger partial charge in [0, 0.05) is 23.7 Å². The first kappa shape index (κ1) is 12.8. The fraction of sp³-hybridized carbons (Fsp3) is 0.286. The SMILES string of the molecule is O=C(O)c1c2n(c3cc(F)c(F)cc3c1=O)CCCC2. The molecule has 0 unspecified atom stereocenters. The Balaban J connectivity index is 2.53. The van der Waals surface area contributed by atoms with Gasteiger partial charge in [-0.05, 0) is 25.3 Å². The molecule has 104 valence electrons. The first-order chi connectivity index (χ1) is 9.50. The maximum atomic E-state index is 13.4. The van der Waals surface area contributed by atoms with Crippen LogP contribution in [-0.2, 0) is 13.0 Å². The van der Waals surface area contributed by atoms with E-state index in [4.69, 9.17) is 0 Å². The molecular formula is C14H11F2NO3. The van der Waals surface area contributed by atoms with Gasteiger partial charge in [0.1, 0.15) is 5.56 Å². The summed E-state index contributed by atoms with van der Waals surface area (Å²) in [4.78, 5) is 23.5. The summed E-state index contributed by atoms with van der Waals surface area (Å²) >= 11 is 0. The molecule has 0 saturated carbocycles. The van der Waals surface area contributed by atoms with Gasteiger partial charge in [-0.2, -0.15) is 0 Å². The number of benzene rings is 1. The molecule has 0 saturated heterocycles. The molecule has 0 spiro atoms. The quantitative estimate of drug-likeness (QED) is 0.871. The van der Waals surface area contributed by atoms with E-state index in [9.17, 15) is 23.5 Å². The highest BCUT2D eigenvalue weighted by molar-refractivity contribution is 5.94. The van der Waals surface area contributed by atoms with Crippen LogP contribution >= 0.6 is 0 Å². The zero-order valence-electron chi connectivity index (χ0n) is 10.4. The molecule has 1 aliphatic heterocycles. The van der Waals surface area contributed by atoms with E-state index in [1.807, 2.05) is 0 Å². The van der Waals surface area contributed by atoms with Crippen molar-refractivity contribution >= 4 is 16.9 Å². The van der Waals surface area contributed by atoms with Gasteiger partial charge >= 0.3 is 5.97 Å². The summed E-state index contributed by atoms with van der Waals surface area (Å²) < 4.78 is 28.3. The van der Waals surface area contributed by atoms with Crippen molar-refractivity contribution in [1.82, 2.24) is 4.57 Å². The Hall–Kier alpha value is -2.24. The molecule has 1 aliphatic rings. The Bertz CT molecular complexity index is 795. The molecule has 20 heavy (non-hydrogen) atoms. The van der Waals surface area contributed by atoms with Crippen LogP contribution in [0.2, 0.25) is 0 Å². The summed E-state index contributed by atoms with van der Waals surface area (Å²) in [7, 11) is 0. The minimum atomic E-state index is -1.33. The molecule has 1 aromatic carbocycles. The van der Waals surface area contributed by atoms with E-state index < -0.39 is 23.0 Å². The maximum Gasteiger partial charge on any atom is 0.341 e. The number of aryl methyl sites for hydroxylation is 1. The Kier molecular flexibility index (Phi) is 2.81. The number of aromatic nitrogens is 1. The number of carboxylic acids is 1. The lowest BCUT2D eigenvalue weighted by atomic mass is 9.99. The van der Waals surface area contributed by atoms with Gasteiger partial charge in [0.15, 0.2) is 11.6 Å². The summed E-state index contributed by atoms with van der Waals surface area (Å²) in [5.41, 5.74) is -0.427. The van der Waals surface area contributed by atoms with Crippen molar-refractivity contribution in [3.05, 3.63) is 45.2 Å². The fourth-order valence-electron chi connectivity index (χ4n) is 2.79. The normalized spacial score (nSPS) is 14.3. The first-order valence-electron chi connectivity index (χ1n) is 6.28. The molecule has 6 heteroatoms.